The van der Waals surface area contributed by atoms with Gasteiger partial charge >= 0.3 is 0 Å². The quantitative estimate of drug-likeness (QED) is 0.801. The summed E-state index contributed by atoms with van der Waals surface area (Å²) in [5.74, 6) is 0.109. The number of ketones is 1. The molecule has 1 saturated heterocycles. The van der Waals surface area contributed by atoms with Gasteiger partial charge in [0.25, 0.3) is 0 Å². The van der Waals surface area contributed by atoms with Gasteiger partial charge in [-0.25, -0.2) is 0 Å². The largest absolute Gasteiger partial charge is 0.342 e. The summed E-state index contributed by atoms with van der Waals surface area (Å²) in [5, 5.41) is 0.834. The molecule has 1 aromatic carbocycles. The van der Waals surface area contributed by atoms with Gasteiger partial charge in [-0.2, -0.15) is 0 Å². The van der Waals surface area contributed by atoms with Gasteiger partial charge in [0.1, 0.15) is 0 Å². The Morgan fingerprint density at radius 3 is 2.52 bits per heavy atom. The van der Waals surface area contributed by atoms with Crippen LogP contribution in [0, 0.1) is 0 Å². The lowest BCUT2D eigenvalue weighted by Gasteiger charge is -2.20. The van der Waals surface area contributed by atoms with Crippen molar-refractivity contribution in [2.75, 3.05) is 32.7 Å². The van der Waals surface area contributed by atoms with Crippen molar-refractivity contribution in [3.8, 4) is 0 Å². The first-order valence-electron chi connectivity index (χ1n) is 6.93. The average molecular weight is 329 g/mol. The predicted molar refractivity (Wildman–Crippen MR) is 84.1 cm³/mol. The molecule has 1 fully saturated rings. The van der Waals surface area contributed by atoms with E-state index in [0.717, 1.165) is 19.5 Å². The number of carbonyl (C=O) groups excluding carboxylic acids is 2. The SMILES string of the molecule is CC(=O)N1CCCN(CC(=O)c2ccc(Cl)c(Cl)c2)CC1. The first-order valence-corrected chi connectivity index (χ1v) is 7.69. The number of halogens is 2. The standard InChI is InChI=1S/C15H18Cl2N2O2/c1-11(20)19-6-2-5-18(7-8-19)10-15(21)12-3-4-13(16)14(17)9-12/h3-4,9H,2,5-8,10H2,1H3. The van der Waals surface area contributed by atoms with Crippen LogP contribution in [0.15, 0.2) is 18.2 Å². The minimum atomic E-state index is 0.0184. The summed E-state index contributed by atoms with van der Waals surface area (Å²) >= 11 is 11.8. The van der Waals surface area contributed by atoms with Gasteiger partial charge in [-0.15, -0.1) is 0 Å². The highest BCUT2D eigenvalue weighted by molar-refractivity contribution is 6.42. The van der Waals surface area contributed by atoms with Gasteiger partial charge in [-0.3, -0.25) is 14.5 Å². The van der Waals surface area contributed by atoms with E-state index in [9.17, 15) is 9.59 Å². The normalized spacial score (nSPS) is 16.6. The second-order valence-corrected chi connectivity index (χ2v) is 6.00. The first kappa shape index (κ1) is 16.3. The lowest BCUT2D eigenvalue weighted by atomic mass is 10.1. The van der Waals surface area contributed by atoms with Gasteiger partial charge in [-0.1, -0.05) is 23.2 Å². The van der Waals surface area contributed by atoms with Crippen LogP contribution >= 0.6 is 23.2 Å². The fraction of sp³-hybridized carbons (Fsp3) is 0.467. The molecule has 21 heavy (non-hydrogen) atoms. The maximum absolute atomic E-state index is 12.3. The highest BCUT2D eigenvalue weighted by atomic mass is 35.5. The summed E-state index contributed by atoms with van der Waals surface area (Å²) in [5.41, 5.74) is 0.567. The van der Waals surface area contributed by atoms with Gasteiger partial charge < -0.3 is 4.90 Å². The summed E-state index contributed by atoms with van der Waals surface area (Å²) in [6.45, 7) is 4.88. The molecule has 0 aromatic heterocycles. The van der Waals surface area contributed by atoms with E-state index in [4.69, 9.17) is 23.2 Å². The number of benzene rings is 1. The van der Waals surface area contributed by atoms with E-state index in [1.54, 1.807) is 25.1 Å². The van der Waals surface area contributed by atoms with Gasteiger partial charge in [0.2, 0.25) is 5.91 Å². The molecule has 0 radical (unpaired) electrons. The number of amides is 1. The molecule has 0 aliphatic carbocycles. The molecule has 2 rings (SSSR count). The molecule has 0 spiro atoms. The number of hydrogen-bond acceptors (Lipinski definition) is 3. The van der Waals surface area contributed by atoms with Crippen LogP contribution in [0.4, 0.5) is 0 Å². The molecule has 0 atom stereocenters. The maximum Gasteiger partial charge on any atom is 0.219 e. The third-order valence-electron chi connectivity index (χ3n) is 3.64. The highest BCUT2D eigenvalue weighted by Crippen LogP contribution is 2.23. The van der Waals surface area contributed by atoms with E-state index >= 15 is 0 Å². The van der Waals surface area contributed by atoms with Crippen LogP contribution in [0.25, 0.3) is 0 Å². The smallest absolute Gasteiger partial charge is 0.219 e. The summed E-state index contributed by atoms with van der Waals surface area (Å²) in [7, 11) is 0. The topological polar surface area (TPSA) is 40.6 Å². The van der Waals surface area contributed by atoms with Crippen molar-refractivity contribution in [2.24, 2.45) is 0 Å². The van der Waals surface area contributed by atoms with Crippen molar-refractivity contribution in [1.82, 2.24) is 9.80 Å². The second kappa shape index (κ2) is 7.25. The van der Waals surface area contributed by atoms with Crippen LogP contribution in [0.5, 0.6) is 0 Å². The molecule has 114 valence electrons. The Morgan fingerprint density at radius 1 is 1.10 bits per heavy atom. The molecule has 6 heteroatoms. The number of carbonyl (C=O) groups is 2. The summed E-state index contributed by atoms with van der Waals surface area (Å²) in [4.78, 5) is 27.6. The summed E-state index contributed by atoms with van der Waals surface area (Å²) in [6.07, 6.45) is 0.883. The molecule has 1 heterocycles. The molecule has 1 aliphatic heterocycles. The molecule has 0 N–H and O–H groups in total. The Balaban J connectivity index is 1.96. The Labute approximate surface area is 134 Å². The highest BCUT2D eigenvalue weighted by Gasteiger charge is 2.19. The Kier molecular flexibility index (Phi) is 5.62. The fourth-order valence-electron chi connectivity index (χ4n) is 2.41. The number of rotatable bonds is 3. The Morgan fingerprint density at radius 2 is 1.86 bits per heavy atom. The number of nitrogens with zero attached hydrogens (tertiary/aromatic N) is 2. The van der Waals surface area contributed by atoms with Gasteiger partial charge in [0.05, 0.1) is 16.6 Å². The van der Waals surface area contributed by atoms with Crippen molar-refractivity contribution >= 4 is 34.9 Å². The Hall–Kier alpha value is -1.10. The van der Waals surface area contributed by atoms with Crippen LogP contribution in [0.2, 0.25) is 10.0 Å². The fourth-order valence-corrected chi connectivity index (χ4v) is 2.71. The van der Waals surface area contributed by atoms with E-state index in [-0.39, 0.29) is 11.7 Å². The van der Waals surface area contributed by atoms with Gasteiger partial charge in [0, 0.05) is 38.7 Å². The third-order valence-corrected chi connectivity index (χ3v) is 4.38. The van der Waals surface area contributed by atoms with Crippen LogP contribution in [-0.4, -0.2) is 54.2 Å². The lowest BCUT2D eigenvalue weighted by molar-refractivity contribution is -0.128. The zero-order valence-electron chi connectivity index (χ0n) is 11.9. The van der Waals surface area contributed by atoms with Gasteiger partial charge in [0.15, 0.2) is 5.78 Å². The summed E-state index contributed by atoms with van der Waals surface area (Å²) in [6, 6.07) is 4.93. The minimum Gasteiger partial charge on any atom is -0.342 e. The van der Waals surface area contributed by atoms with E-state index in [2.05, 4.69) is 4.90 Å². The average Bonchev–Trinajstić information content (AvgIpc) is 2.67. The third kappa shape index (κ3) is 4.43. The Bertz CT molecular complexity index is 548. The number of Topliss-reactive ketones (excluding diaryl/α,β-unsaturated/α-hetero) is 1. The predicted octanol–water partition coefficient (Wildman–Crippen LogP) is 2.73. The molecule has 4 nitrogen and oxygen atoms in total. The van der Waals surface area contributed by atoms with Crippen molar-refractivity contribution in [3.05, 3.63) is 33.8 Å². The van der Waals surface area contributed by atoms with Gasteiger partial charge in [-0.05, 0) is 24.6 Å². The summed E-state index contributed by atoms with van der Waals surface area (Å²) < 4.78 is 0. The minimum absolute atomic E-state index is 0.0184. The molecule has 1 aromatic rings. The zero-order valence-corrected chi connectivity index (χ0v) is 13.5. The van der Waals surface area contributed by atoms with E-state index in [0.29, 0.717) is 35.2 Å². The molecule has 1 aliphatic rings. The van der Waals surface area contributed by atoms with Crippen LogP contribution < -0.4 is 0 Å². The van der Waals surface area contributed by atoms with E-state index in [1.165, 1.54) is 0 Å². The molecule has 0 unspecified atom stereocenters. The zero-order chi connectivity index (χ0) is 15.4. The van der Waals surface area contributed by atoms with Crippen LogP contribution in [0.3, 0.4) is 0 Å². The van der Waals surface area contributed by atoms with Crippen molar-refractivity contribution in [3.63, 3.8) is 0 Å². The first-order chi connectivity index (χ1) is 9.97. The number of hydrogen-bond donors (Lipinski definition) is 0. The molecule has 1 amide bonds. The lowest BCUT2D eigenvalue weighted by Crippen LogP contribution is -2.35. The maximum atomic E-state index is 12.3. The molecule has 0 saturated carbocycles. The van der Waals surface area contributed by atoms with Crippen LogP contribution in [-0.2, 0) is 4.79 Å². The molecule has 0 bridgehead atoms. The molecular formula is C15H18Cl2N2O2. The van der Waals surface area contributed by atoms with Crippen molar-refractivity contribution < 1.29 is 9.59 Å². The van der Waals surface area contributed by atoms with Crippen LogP contribution in [0.1, 0.15) is 23.7 Å². The second-order valence-electron chi connectivity index (χ2n) is 5.19. The van der Waals surface area contributed by atoms with Crippen molar-refractivity contribution in [1.29, 1.82) is 0 Å². The van der Waals surface area contributed by atoms with E-state index in [1.807, 2.05) is 4.90 Å². The monoisotopic (exact) mass is 328 g/mol. The van der Waals surface area contributed by atoms with Crippen molar-refractivity contribution in [2.45, 2.75) is 13.3 Å². The van der Waals surface area contributed by atoms with E-state index < -0.39 is 0 Å². The molecular weight excluding hydrogens is 311 g/mol.